The topological polar surface area (TPSA) is 105 Å². The van der Waals surface area contributed by atoms with Gasteiger partial charge < -0.3 is 19.9 Å². The van der Waals surface area contributed by atoms with Gasteiger partial charge in [0.25, 0.3) is 15.9 Å². The first kappa shape index (κ1) is 29.2. The van der Waals surface area contributed by atoms with Crippen LogP contribution in [0.3, 0.4) is 0 Å². The van der Waals surface area contributed by atoms with E-state index in [4.69, 9.17) is 9.47 Å². The highest BCUT2D eigenvalue weighted by Crippen LogP contribution is 2.41. The summed E-state index contributed by atoms with van der Waals surface area (Å²) < 4.78 is 80.2. The number of fused-ring (bicyclic) bond motifs is 1. The third-order valence-corrected chi connectivity index (χ3v) is 8.13. The van der Waals surface area contributed by atoms with Crippen molar-refractivity contribution in [3.63, 3.8) is 0 Å². The normalized spacial score (nSPS) is 15.7. The van der Waals surface area contributed by atoms with Gasteiger partial charge in [-0.25, -0.2) is 8.42 Å². The zero-order chi connectivity index (χ0) is 29.3. The Morgan fingerprint density at radius 1 is 1.07 bits per heavy atom. The van der Waals surface area contributed by atoms with Crippen LogP contribution >= 0.6 is 0 Å². The summed E-state index contributed by atoms with van der Waals surface area (Å²) in [7, 11) is -2.95. The first-order chi connectivity index (χ1) is 18.7. The summed E-state index contributed by atoms with van der Waals surface area (Å²) in [6.07, 6.45) is -5.29. The van der Waals surface area contributed by atoms with Crippen LogP contribution in [0.4, 0.5) is 18.9 Å². The van der Waals surface area contributed by atoms with Crippen LogP contribution in [0.2, 0.25) is 0 Å². The van der Waals surface area contributed by atoms with Crippen molar-refractivity contribution in [3.05, 3.63) is 72.3 Å². The van der Waals surface area contributed by atoms with Crippen molar-refractivity contribution < 1.29 is 41.0 Å². The summed E-state index contributed by atoms with van der Waals surface area (Å²) in [6, 6.07) is 15.6. The third kappa shape index (κ3) is 6.34. The first-order valence-electron chi connectivity index (χ1n) is 12.4. The summed E-state index contributed by atoms with van der Waals surface area (Å²) in [6.45, 7) is 2.52. The molecule has 1 atom stereocenters. The maximum absolute atomic E-state index is 13.8. The molecule has 0 aliphatic carbocycles. The number of aliphatic hydroxyl groups is 1. The van der Waals surface area contributed by atoms with E-state index in [0.29, 0.717) is 17.4 Å². The largest absolute Gasteiger partial charge is 0.497 e. The van der Waals surface area contributed by atoms with Gasteiger partial charge in [0.15, 0.2) is 0 Å². The number of halogens is 3. The summed E-state index contributed by atoms with van der Waals surface area (Å²) in [4.78, 5) is 11.5. The van der Waals surface area contributed by atoms with Gasteiger partial charge >= 0.3 is 6.18 Å². The number of alkyl halides is 3. The summed E-state index contributed by atoms with van der Waals surface area (Å²) in [5.41, 5.74) is -1.15. The van der Waals surface area contributed by atoms with Crippen molar-refractivity contribution in [2.24, 2.45) is 0 Å². The van der Waals surface area contributed by atoms with Crippen molar-refractivity contribution in [3.8, 4) is 22.6 Å². The van der Waals surface area contributed by atoms with Gasteiger partial charge in [0, 0.05) is 13.0 Å². The molecular weight excluding hydrogens is 549 g/mol. The van der Waals surface area contributed by atoms with Crippen molar-refractivity contribution in [2.45, 2.75) is 43.0 Å². The van der Waals surface area contributed by atoms with Gasteiger partial charge in [0.2, 0.25) is 0 Å². The monoisotopic (exact) mass is 578 g/mol. The Labute approximate surface area is 230 Å². The maximum atomic E-state index is 13.8. The van der Waals surface area contributed by atoms with Crippen LogP contribution in [0.1, 0.15) is 25.8 Å². The predicted molar refractivity (Wildman–Crippen MR) is 143 cm³/mol. The van der Waals surface area contributed by atoms with Gasteiger partial charge in [-0.05, 0) is 67.4 Å². The Morgan fingerprint density at radius 2 is 1.77 bits per heavy atom. The van der Waals surface area contributed by atoms with E-state index in [-0.39, 0.29) is 30.9 Å². The van der Waals surface area contributed by atoms with E-state index in [9.17, 15) is 31.5 Å². The molecule has 0 spiro atoms. The number of amides is 1. The van der Waals surface area contributed by atoms with Crippen LogP contribution in [-0.4, -0.2) is 51.3 Å². The second-order valence-corrected chi connectivity index (χ2v) is 11.7. The second kappa shape index (κ2) is 11.0. The lowest BCUT2D eigenvalue weighted by Gasteiger charge is -2.36. The van der Waals surface area contributed by atoms with Crippen LogP contribution in [-0.2, 0) is 21.0 Å². The fourth-order valence-corrected chi connectivity index (χ4v) is 5.74. The quantitative estimate of drug-likeness (QED) is 0.405. The van der Waals surface area contributed by atoms with Crippen molar-refractivity contribution in [1.82, 2.24) is 5.32 Å². The smallest absolute Gasteiger partial charge is 0.416 e. The van der Waals surface area contributed by atoms with Crippen molar-refractivity contribution in [1.29, 1.82) is 0 Å². The average Bonchev–Trinajstić information content (AvgIpc) is 2.91. The highest BCUT2D eigenvalue weighted by Gasteiger charge is 2.37. The number of hydrogen-bond acceptors (Lipinski definition) is 6. The number of nitrogens with one attached hydrogen (secondary N) is 1. The number of methoxy groups -OCH3 is 1. The number of carbonyl (C=O) groups excluding carboxylic acids is 1. The predicted octanol–water partition coefficient (Wildman–Crippen LogP) is 4.61. The lowest BCUT2D eigenvalue weighted by atomic mass is 10.0. The number of benzene rings is 3. The van der Waals surface area contributed by atoms with Crippen LogP contribution in [0.25, 0.3) is 11.1 Å². The number of nitrogens with zero attached hydrogens (tertiary/aromatic N) is 1. The SMILES string of the molecule is COc1cccc(-c2ccc3c(c2)N(S(=O)(=O)c2cccc(C(F)(F)F)c2)CC(CCNC(=O)C(C)(C)O)O3)c1. The number of rotatable bonds is 8. The molecule has 3 aromatic carbocycles. The summed E-state index contributed by atoms with van der Waals surface area (Å²) in [5.74, 6) is 0.195. The van der Waals surface area contributed by atoms with E-state index in [0.717, 1.165) is 28.1 Å². The van der Waals surface area contributed by atoms with E-state index in [1.165, 1.54) is 21.0 Å². The van der Waals surface area contributed by atoms with E-state index in [2.05, 4.69) is 5.32 Å². The molecule has 0 aromatic heterocycles. The van der Waals surface area contributed by atoms with Gasteiger partial charge in [-0.15, -0.1) is 0 Å². The fourth-order valence-electron chi connectivity index (χ4n) is 4.20. The van der Waals surface area contributed by atoms with Crippen LogP contribution < -0.4 is 19.1 Å². The molecule has 214 valence electrons. The molecule has 0 saturated heterocycles. The third-order valence-electron chi connectivity index (χ3n) is 6.35. The molecule has 8 nitrogen and oxygen atoms in total. The molecule has 40 heavy (non-hydrogen) atoms. The lowest BCUT2D eigenvalue weighted by molar-refractivity contribution is -0.138. The molecule has 2 N–H and O–H groups in total. The molecule has 3 aromatic rings. The average molecular weight is 579 g/mol. The van der Waals surface area contributed by atoms with E-state index in [1.54, 1.807) is 36.4 Å². The van der Waals surface area contributed by atoms with Crippen LogP contribution in [0, 0.1) is 0 Å². The van der Waals surface area contributed by atoms with Gasteiger partial charge in [0.1, 0.15) is 23.2 Å². The molecule has 1 aliphatic rings. The van der Waals surface area contributed by atoms with E-state index < -0.39 is 44.3 Å². The van der Waals surface area contributed by atoms with Gasteiger partial charge in [-0.2, -0.15) is 13.2 Å². The van der Waals surface area contributed by atoms with E-state index in [1.807, 2.05) is 6.07 Å². The Balaban J connectivity index is 1.73. The van der Waals surface area contributed by atoms with Crippen molar-refractivity contribution in [2.75, 3.05) is 24.5 Å². The number of ether oxygens (including phenoxy) is 2. The Morgan fingerprint density at radius 3 is 2.45 bits per heavy atom. The number of hydrogen-bond donors (Lipinski definition) is 2. The summed E-state index contributed by atoms with van der Waals surface area (Å²) >= 11 is 0. The number of carbonyl (C=O) groups is 1. The molecule has 1 heterocycles. The minimum Gasteiger partial charge on any atom is -0.497 e. The zero-order valence-electron chi connectivity index (χ0n) is 22.0. The van der Waals surface area contributed by atoms with Gasteiger partial charge in [0.05, 0.1) is 29.8 Å². The highest BCUT2D eigenvalue weighted by molar-refractivity contribution is 7.92. The van der Waals surface area contributed by atoms with Crippen LogP contribution in [0.15, 0.2) is 71.6 Å². The maximum Gasteiger partial charge on any atom is 0.416 e. The Kier molecular flexibility index (Phi) is 8.04. The lowest BCUT2D eigenvalue weighted by Crippen LogP contribution is -2.46. The van der Waals surface area contributed by atoms with Gasteiger partial charge in [-0.3, -0.25) is 9.10 Å². The Hall–Kier alpha value is -3.77. The van der Waals surface area contributed by atoms with Crippen LogP contribution in [0.5, 0.6) is 11.5 Å². The molecule has 1 aliphatic heterocycles. The number of anilines is 1. The molecule has 1 amide bonds. The Bertz CT molecular complexity index is 1500. The first-order valence-corrected chi connectivity index (χ1v) is 13.8. The van der Waals surface area contributed by atoms with E-state index >= 15 is 0 Å². The molecule has 4 rings (SSSR count). The standard InChI is InChI=1S/C28H29F3N2O6S/c1-27(2,35)26(34)32-13-12-22-17-33(40(36,37)23-9-5-7-20(16-23)28(29,30)31)24-15-19(10-11-25(24)39-22)18-6-4-8-21(14-18)38-3/h4-11,14-16,22,35H,12-13,17H2,1-3H3,(H,32,34). The van der Waals surface area contributed by atoms with Gasteiger partial charge in [-0.1, -0.05) is 24.3 Å². The molecule has 12 heteroatoms. The zero-order valence-corrected chi connectivity index (χ0v) is 22.8. The highest BCUT2D eigenvalue weighted by atomic mass is 32.2. The molecule has 0 radical (unpaired) electrons. The fraction of sp³-hybridized carbons (Fsp3) is 0.321. The number of sulfonamides is 1. The summed E-state index contributed by atoms with van der Waals surface area (Å²) in [5, 5.41) is 12.4. The molecule has 0 fully saturated rings. The molecular formula is C28H29F3N2O6S. The second-order valence-electron chi connectivity index (χ2n) is 9.82. The minimum atomic E-state index is -4.73. The molecule has 1 unspecified atom stereocenters. The molecule has 0 bridgehead atoms. The minimum absolute atomic E-state index is 0.0716. The molecule has 0 saturated carbocycles. The van der Waals surface area contributed by atoms with Crippen molar-refractivity contribution >= 4 is 21.6 Å².